The molecule has 0 aliphatic heterocycles. The molecule has 0 unspecified atom stereocenters. The molecule has 0 aromatic rings. The lowest BCUT2D eigenvalue weighted by Crippen LogP contribution is -2.27. The zero-order chi connectivity index (χ0) is 12.4. The Morgan fingerprint density at radius 1 is 0.526 bits per heavy atom. The summed E-state index contributed by atoms with van der Waals surface area (Å²) < 4.78 is 0. The van der Waals surface area contributed by atoms with Gasteiger partial charge in [0.2, 0.25) is 0 Å². The third-order valence-electron chi connectivity index (χ3n) is 6.61. The van der Waals surface area contributed by atoms with E-state index < -0.39 is 0 Å². The normalized spacial score (nSPS) is 40.9. The second-order valence-corrected chi connectivity index (χ2v) is 7.74. The first-order chi connectivity index (χ1) is 8.83. The van der Waals surface area contributed by atoms with Crippen LogP contribution in [0, 0.1) is 29.6 Å². The van der Waals surface area contributed by atoms with Crippen molar-refractivity contribution in [2.75, 3.05) is 0 Å². The van der Waals surface area contributed by atoms with Gasteiger partial charge in [-0.25, -0.2) is 0 Å². The minimum absolute atomic E-state index is 0. The molecule has 0 aromatic carbocycles. The summed E-state index contributed by atoms with van der Waals surface area (Å²) in [4.78, 5) is 0. The fourth-order valence-electron chi connectivity index (χ4n) is 5.27. The maximum Gasteiger partial charge on any atom is 0 e. The van der Waals surface area contributed by atoms with Gasteiger partial charge in [-0.1, -0.05) is 52.9 Å². The molecule has 3 rings (SSSR count). The van der Waals surface area contributed by atoms with E-state index in [0.717, 1.165) is 29.6 Å². The molecule has 0 radical (unpaired) electrons. The van der Waals surface area contributed by atoms with Crippen LogP contribution < -0.4 is 0 Å². The molecule has 0 nitrogen and oxygen atoms in total. The Kier molecular flexibility index (Phi) is 5.78. The van der Waals surface area contributed by atoms with Crippen LogP contribution in [0.25, 0.3) is 0 Å². The minimum Gasteiger partial charge on any atom is -0.0776 e. The van der Waals surface area contributed by atoms with Crippen molar-refractivity contribution in [2.45, 2.75) is 91.4 Å². The molecule has 114 valence electrons. The van der Waals surface area contributed by atoms with Crippen LogP contribution in [0.2, 0.25) is 0 Å². The molecule has 0 heteroatoms. The molecule has 0 amide bonds. The van der Waals surface area contributed by atoms with Crippen molar-refractivity contribution >= 4 is 0 Å². The molecule has 0 aromatic heterocycles. The van der Waals surface area contributed by atoms with Crippen molar-refractivity contribution in [3.05, 3.63) is 0 Å². The van der Waals surface area contributed by atoms with E-state index in [1.165, 1.54) is 25.7 Å². The average Bonchev–Trinajstić information content (AvgIpc) is 2.94. The van der Waals surface area contributed by atoms with Crippen molar-refractivity contribution in [3.8, 4) is 0 Å². The SMILES string of the molecule is C.CC1CCC(C2CCC(C3CCCC3)CC2)CC1.[HH]. The van der Waals surface area contributed by atoms with Gasteiger partial charge in [-0.2, -0.15) is 0 Å². The summed E-state index contributed by atoms with van der Waals surface area (Å²) in [5, 5.41) is 0. The van der Waals surface area contributed by atoms with Gasteiger partial charge < -0.3 is 0 Å². The Morgan fingerprint density at radius 2 is 0.842 bits per heavy atom. The van der Waals surface area contributed by atoms with Crippen LogP contribution in [0.5, 0.6) is 0 Å². The van der Waals surface area contributed by atoms with Crippen molar-refractivity contribution < 1.29 is 1.43 Å². The third-order valence-corrected chi connectivity index (χ3v) is 6.61. The predicted molar refractivity (Wildman–Crippen MR) is 87.4 cm³/mol. The Morgan fingerprint density at radius 3 is 1.26 bits per heavy atom. The van der Waals surface area contributed by atoms with Crippen molar-refractivity contribution in [1.29, 1.82) is 0 Å². The van der Waals surface area contributed by atoms with Gasteiger partial charge in [0.05, 0.1) is 0 Å². The lowest BCUT2D eigenvalue weighted by molar-refractivity contribution is 0.129. The van der Waals surface area contributed by atoms with E-state index in [-0.39, 0.29) is 8.85 Å². The van der Waals surface area contributed by atoms with Gasteiger partial charge in [0.1, 0.15) is 0 Å². The lowest BCUT2D eigenvalue weighted by atomic mass is 9.67. The first kappa shape index (κ1) is 15.4. The molecule has 0 saturated heterocycles. The van der Waals surface area contributed by atoms with Crippen LogP contribution in [0.1, 0.15) is 92.8 Å². The van der Waals surface area contributed by atoms with E-state index in [0.29, 0.717) is 0 Å². The fraction of sp³-hybridized carbons (Fsp3) is 1.00. The lowest BCUT2D eigenvalue weighted by Gasteiger charge is -2.38. The molecule has 3 aliphatic carbocycles. The highest BCUT2D eigenvalue weighted by Gasteiger charge is 2.33. The van der Waals surface area contributed by atoms with Crippen molar-refractivity contribution in [1.82, 2.24) is 0 Å². The molecule has 0 N–H and O–H groups in total. The Bertz CT molecular complexity index is 240. The molecule has 19 heavy (non-hydrogen) atoms. The van der Waals surface area contributed by atoms with Gasteiger partial charge in [0, 0.05) is 1.43 Å². The molecule has 3 fully saturated rings. The molecular weight excluding hydrogens is 228 g/mol. The van der Waals surface area contributed by atoms with E-state index in [9.17, 15) is 0 Å². The maximum atomic E-state index is 2.45. The first-order valence-corrected chi connectivity index (χ1v) is 8.83. The Labute approximate surface area is 123 Å². The van der Waals surface area contributed by atoms with E-state index in [2.05, 4.69) is 6.92 Å². The van der Waals surface area contributed by atoms with Crippen molar-refractivity contribution in [3.63, 3.8) is 0 Å². The summed E-state index contributed by atoms with van der Waals surface area (Å²) >= 11 is 0. The zero-order valence-electron chi connectivity index (χ0n) is 12.4. The standard InChI is InChI=1S/C18H32.CH4.H2/c1-14-6-8-16(9-7-14)18-12-10-17(11-13-18)15-4-2-3-5-15;;/h14-18H,2-13H2,1H3;1H4;1H. The highest BCUT2D eigenvalue weighted by molar-refractivity contribution is 4.84. The van der Waals surface area contributed by atoms with Crippen LogP contribution in [-0.2, 0) is 0 Å². The van der Waals surface area contributed by atoms with Crippen LogP contribution >= 0.6 is 0 Å². The summed E-state index contributed by atoms with van der Waals surface area (Å²) in [7, 11) is 0. The minimum atomic E-state index is 0. The molecular formula is C19H38. The summed E-state index contributed by atoms with van der Waals surface area (Å²) in [6.07, 6.45) is 18.7. The summed E-state index contributed by atoms with van der Waals surface area (Å²) in [5.74, 6) is 5.53. The second kappa shape index (κ2) is 7.14. The van der Waals surface area contributed by atoms with Crippen LogP contribution in [-0.4, -0.2) is 0 Å². The summed E-state index contributed by atoms with van der Waals surface area (Å²) in [6, 6.07) is 0. The monoisotopic (exact) mass is 266 g/mol. The average molecular weight is 267 g/mol. The van der Waals surface area contributed by atoms with Crippen LogP contribution in [0.4, 0.5) is 0 Å². The van der Waals surface area contributed by atoms with Crippen molar-refractivity contribution in [2.24, 2.45) is 29.6 Å². The molecule has 3 saturated carbocycles. The molecule has 0 heterocycles. The third kappa shape index (κ3) is 3.76. The Hall–Kier alpha value is 0. The predicted octanol–water partition coefficient (Wildman–Crippen LogP) is 6.69. The molecule has 0 atom stereocenters. The van der Waals surface area contributed by atoms with E-state index >= 15 is 0 Å². The second-order valence-electron chi connectivity index (χ2n) is 7.74. The summed E-state index contributed by atoms with van der Waals surface area (Å²) in [6.45, 7) is 2.45. The topological polar surface area (TPSA) is 0 Å². The summed E-state index contributed by atoms with van der Waals surface area (Å²) in [5.41, 5.74) is 0. The van der Waals surface area contributed by atoms with Gasteiger partial charge in [0.25, 0.3) is 0 Å². The zero-order valence-corrected chi connectivity index (χ0v) is 12.4. The van der Waals surface area contributed by atoms with Crippen LogP contribution in [0.15, 0.2) is 0 Å². The van der Waals surface area contributed by atoms with E-state index in [1.54, 1.807) is 51.4 Å². The van der Waals surface area contributed by atoms with Gasteiger partial charge in [0.15, 0.2) is 0 Å². The molecule has 0 bridgehead atoms. The molecule has 0 spiro atoms. The van der Waals surface area contributed by atoms with E-state index in [1.807, 2.05) is 0 Å². The van der Waals surface area contributed by atoms with E-state index in [4.69, 9.17) is 0 Å². The fourth-order valence-corrected chi connectivity index (χ4v) is 5.27. The first-order valence-electron chi connectivity index (χ1n) is 8.83. The Balaban J connectivity index is 0.000001000. The van der Waals surface area contributed by atoms with Gasteiger partial charge in [-0.05, 0) is 68.1 Å². The number of rotatable bonds is 2. The van der Waals surface area contributed by atoms with Gasteiger partial charge in [-0.15, -0.1) is 0 Å². The number of hydrogen-bond acceptors (Lipinski definition) is 0. The van der Waals surface area contributed by atoms with Crippen LogP contribution in [0.3, 0.4) is 0 Å². The quantitative estimate of drug-likeness (QED) is 0.522. The van der Waals surface area contributed by atoms with Gasteiger partial charge >= 0.3 is 0 Å². The molecule has 3 aliphatic rings. The van der Waals surface area contributed by atoms with Gasteiger partial charge in [-0.3, -0.25) is 0 Å². The smallest absolute Gasteiger partial charge is 0 e. The maximum absolute atomic E-state index is 2.45. The number of hydrogen-bond donors (Lipinski definition) is 0. The largest absolute Gasteiger partial charge is 0.0776 e. The highest BCUT2D eigenvalue weighted by Crippen LogP contribution is 2.45. The highest BCUT2D eigenvalue weighted by atomic mass is 14.4.